The van der Waals surface area contributed by atoms with Gasteiger partial charge in [0, 0.05) is 11.6 Å². The van der Waals surface area contributed by atoms with Crippen LogP contribution in [-0.4, -0.2) is 27.5 Å². The summed E-state index contributed by atoms with van der Waals surface area (Å²) in [5, 5.41) is 11.7. The minimum absolute atomic E-state index is 0.183. The molecule has 8 heteroatoms. The Balaban J connectivity index is 1.55. The maximum Gasteiger partial charge on any atom is 0.229 e. The second kappa shape index (κ2) is 8.11. The first-order valence-corrected chi connectivity index (χ1v) is 9.77. The number of hydrogen-bond acceptors (Lipinski definition) is 6. The molecule has 156 valence electrons. The van der Waals surface area contributed by atoms with E-state index in [1.807, 2.05) is 13.0 Å². The van der Waals surface area contributed by atoms with E-state index in [-0.39, 0.29) is 18.3 Å². The molecule has 0 saturated heterocycles. The zero-order valence-corrected chi connectivity index (χ0v) is 17.1. The van der Waals surface area contributed by atoms with Gasteiger partial charge < -0.3 is 10.1 Å². The lowest BCUT2D eigenvalue weighted by molar-refractivity contribution is -0.117. The Kier molecular flexibility index (Phi) is 5.34. The number of carbonyl (C=O) groups is 1. The molecule has 7 nitrogen and oxygen atoms in total. The molecule has 0 unspecified atom stereocenters. The van der Waals surface area contributed by atoms with Crippen molar-refractivity contribution in [3.05, 3.63) is 77.3 Å². The van der Waals surface area contributed by atoms with Crippen molar-refractivity contribution in [1.29, 1.82) is 5.26 Å². The van der Waals surface area contributed by atoms with Gasteiger partial charge >= 0.3 is 0 Å². The zero-order chi connectivity index (χ0) is 22.0. The van der Waals surface area contributed by atoms with Crippen molar-refractivity contribution >= 4 is 11.7 Å². The third-order valence-corrected chi connectivity index (χ3v) is 5.48. The lowest BCUT2D eigenvalue weighted by Gasteiger charge is -2.19. The van der Waals surface area contributed by atoms with E-state index >= 15 is 0 Å². The van der Waals surface area contributed by atoms with Gasteiger partial charge in [0.25, 0.3) is 0 Å². The monoisotopic (exact) mass is 416 g/mol. The Bertz CT molecular complexity index is 1180. The van der Waals surface area contributed by atoms with E-state index in [4.69, 9.17) is 10.00 Å². The van der Waals surface area contributed by atoms with Gasteiger partial charge in [0.2, 0.25) is 5.91 Å². The van der Waals surface area contributed by atoms with E-state index in [1.54, 1.807) is 37.4 Å². The molecule has 0 bridgehead atoms. The molecule has 1 N–H and O–H groups in total. The highest BCUT2D eigenvalue weighted by molar-refractivity contribution is 5.95. The molecule has 1 amide bonds. The third kappa shape index (κ3) is 4.21. The van der Waals surface area contributed by atoms with Gasteiger partial charge in [0.15, 0.2) is 5.75 Å². The number of ether oxygens (including phenoxy) is 1. The molecule has 1 aliphatic rings. The van der Waals surface area contributed by atoms with Crippen LogP contribution in [0, 0.1) is 36.9 Å². The van der Waals surface area contributed by atoms with E-state index < -0.39 is 11.3 Å². The minimum atomic E-state index is -0.671. The topological polar surface area (TPSA) is 101 Å². The van der Waals surface area contributed by atoms with Crippen LogP contribution < -0.4 is 10.1 Å². The van der Waals surface area contributed by atoms with Gasteiger partial charge in [-0.15, -0.1) is 0 Å². The highest BCUT2D eigenvalue weighted by Crippen LogP contribution is 2.55. The number of rotatable bonds is 6. The molecule has 31 heavy (non-hydrogen) atoms. The van der Waals surface area contributed by atoms with E-state index in [0.29, 0.717) is 40.6 Å². The average Bonchev–Trinajstić information content (AvgIpc) is 3.50. The second-order valence-corrected chi connectivity index (χ2v) is 7.61. The average molecular weight is 416 g/mol. The maximum absolute atomic E-state index is 13.9. The van der Waals surface area contributed by atoms with Gasteiger partial charge in [-0.3, -0.25) is 4.79 Å². The van der Waals surface area contributed by atoms with Gasteiger partial charge in [0.05, 0.1) is 30.0 Å². The number of nitrogens with one attached hydrogen (secondary N) is 1. The fourth-order valence-electron chi connectivity index (χ4n) is 3.68. The number of nitrogens with zero attached hydrogens (tertiary/aromatic N) is 4. The summed E-state index contributed by atoms with van der Waals surface area (Å²) in [4.78, 5) is 25.5. The summed E-state index contributed by atoms with van der Waals surface area (Å²) in [6.07, 6.45) is 3.50. The molecule has 0 spiro atoms. The summed E-state index contributed by atoms with van der Waals surface area (Å²) >= 11 is 0. The van der Waals surface area contributed by atoms with Crippen molar-refractivity contribution < 1.29 is 13.9 Å². The van der Waals surface area contributed by atoms with Crippen LogP contribution in [-0.2, 0) is 10.2 Å². The highest BCUT2D eigenvalue weighted by atomic mass is 19.1. The third-order valence-electron chi connectivity index (χ3n) is 5.48. The summed E-state index contributed by atoms with van der Waals surface area (Å²) in [6.45, 7) is 3.80. The number of hydrogen-bond donors (Lipinski definition) is 1. The van der Waals surface area contributed by atoms with Crippen molar-refractivity contribution in [2.75, 3.05) is 11.9 Å². The summed E-state index contributed by atoms with van der Waals surface area (Å²) in [7, 11) is 0. The molecule has 1 saturated carbocycles. The first-order chi connectivity index (χ1) is 14.9. The van der Waals surface area contributed by atoms with Crippen LogP contribution in [0.15, 0.2) is 48.8 Å². The molecule has 1 fully saturated rings. The Morgan fingerprint density at radius 3 is 2.81 bits per heavy atom. The van der Waals surface area contributed by atoms with E-state index in [1.165, 1.54) is 18.3 Å². The molecule has 3 aromatic rings. The number of halogens is 1. The van der Waals surface area contributed by atoms with Crippen LogP contribution in [0.5, 0.6) is 5.75 Å². The first kappa shape index (κ1) is 20.4. The smallest absolute Gasteiger partial charge is 0.229 e. The van der Waals surface area contributed by atoms with E-state index in [0.717, 1.165) is 0 Å². The highest BCUT2D eigenvalue weighted by Gasteiger charge is 2.60. The lowest BCUT2D eigenvalue weighted by Crippen LogP contribution is -2.27. The van der Waals surface area contributed by atoms with Crippen LogP contribution in [0.2, 0.25) is 0 Å². The number of carbonyl (C=O) groups excluding carboxylic acids is 1. The number of benzene rings is 1. The number of nitriles is 1. The second-order valence-electron chi connectivity index (χ2n) is 7.61. The fraction of sp³-hybridized carbons (Fsp3) is 0.261. The van der Waals surface area contributed by atoms with E-state index in [9.17, 15) is 9.18 Å². The van der Waals surface area contributed by atoms with Crippen molar-refractivity contribution in [2.24, 2.45) is 5.92 Å². The number of amides is 1. The molecular weight excluding hydrogens is 396 g/mol. The zero-order valence-electron chi connectivity index (χ0n) is 17.1. The molecule has 0 aliphatic heterocycles. The fourth-order valence-corrected chi connectivity index (χ4v) is 3.68. The van der Waals surface area contributed by atoms with Gasteiger partial charge in [-0.05, 0) is 50.1 Å². The molecule has 1 aliphatic carbocycles. The Hall–Kier alpha value is -3.86. The normalized spacial score (nSPS) is 19.4. The Morgan fingerprint density at radius 1 is 1.29 bits per heavy atom. The first-order valence-electron chi connectivity index (χ1n) is 9.77. The predicted molar refractivity (Wildman–Crippen MR) is 111 cm³/mol. The summed E-state index contributed by atoms with van der Waals surface area (Å²) in [5.41, 5.74) is 1.13. The standard InChI is InChI=1S/C23H20FN5O2/c1-14-20(12-26-15(2)28-14)31-13-23(17-4-3-5-18(24)8-17)9-19(23)22(30)29-21-7-6-16(10-25)11-27-21/h3-8,11-12,19H,9,13H2,1-2H3,(H,27,29,30)/t19-,23+/m0/s1/i10-1. The SMILES string of the molecule is Cc1ncc(OC[C@@]2(c3cccc(F)c3)C[C@H]2C(=O)Nc2ccc([11C]#N)cn2)c(C)n1. The van der Waals surface area contributed by atoms with Crippen LogP contribution in [0.25, 0.3) is 0 Å². The molecule has 4 rings (SSSR count). The van der Waals surface area contributed by atoms with Crippen LogP contribution in [0.4, 0.5) is 10.2 Å². The molecule has 0 radical (unpaired) electrons. The summed E-state index contributed by atoms with van der Waals surface area (Å²) in [5.74, 6) is 0.504. The van der Waals surface area contributed by atoms with Crippen molar-refractivity contribution in [3.8, 4) is 11.8 Å². The van der Waals surface area contributed by atoms with Crippen molar-refractivity contribution in [3.63, 3.8) is 0 Å². The number of aromatic nitrogens is 3. The van der Waals surface area contributed by atoms with E-state index in [2.05, 4.69) is 20.3 Å². The molecule has 1 aromatic carbocycles. The molecule has 2 atom stereocenters. The Morgan fingerprint density at radius 2 is 2.13 bits per heavy atom. The number of aryl methyl sites for hydroxylation is 2. The van der Waals surface area contributed by atoms with Crippen LogP contribution in [0.1, 0.15) is 29.1 Å². The maximum atomic E-state index is 13.9. The molecule has 2 aromatic heterocycles. The Labute approximate surface area is 179 Å². The summed E-state index contributed by atoms with van der Waals surface area (Å²) in [6, 6.07) is 11.4. The van der Waals surface area contributed by atoms with Gasteiger partial charge in [-0.1, -0.05) is 12.1 Å². The van der Waals surface area contributed by atoms with Crippen molar-refractivity contribution in [1.82, 2.24) is 15.0 Å². The number of pyridine rings is 1. The van der Waals surface area contributed by atoms with Crippen LogP contribution >= 0.6 is 0 Å². The van der Waals surface area contributed by atoms with Crippen LogP contribution in [0.3, 0.4) is 0 Å². The predicted octanol–water partition coefficient (Wildman–Crippen LogP) is 3.47. The van der Waals surface area contributed by atoms with Gasteiger partial charge in [0.1, 0.15) is 23.5 Å². The van der Waals surface area contributed by atoms with Gasteiger partial charge in [-0.25, -0.2) is 19.3 Å². The minimum Gasteiger partial charge on any atom is -0.489 e. The summed E-state index contributed by atoms with van der Waals surface area (Å²) < 4.78 is 19.9. The van der Waals surface area contributed by atoms with Crippen molar-refractivity contribution in [2.45, 2.75) is 25.7 Å². The molecular formula is C23H20FN5O2. The van der Waals surface area contributed by atoms with Gasteiger partial charge in [-0.2, -0.15) is 5.26 Å². The lowest BCUT2D eigenvalue weighted by atomic mass is 9.93. The largest absolute Gasteiger partial charge is 0.489 e. The quantitative estimate of drug-likeness (QED) is 0.660. The number of anilines is 1. The molecule has 2 heterocycles.